The molecule has 0 bridgehead atoms. The van der Waals surface area contributed by atoms with Gasteiger partial charge in [0.25, 0.3) is 0 Å². The van der Waals surface area contributed by atoms with Crippen LogP contribution in [-0.4, -0.2) is 0 Å². The molecule has 0 aliphatic rings. The summed E-state index contributed by atoms with van der Waals surface area (Å²) in [5, 5.41) is 0. The van der Waals surface area contributed by atoms with E-state index in [-0.39, 0.29) is 0 Å². The summed E-state index contributed by atoms with van der Waals surface area (Å²) >= 11 is 0. The van der Waals surface area contributed by atoms with E-state index in [4.69, 9.17) is 6.42 Å². The molecule has 0 aromatic heterocycles. The molecule has 22 heavy (non-hydrogen) atoms. The number of hydrogen-bond donors (Lipinski definition) is 0. The zero-order valence-electron chi connectivity index (χ0n) is 15.1. The molecule has 0 radical (unpaired) electrons. The van der Waals surface area contributed by atoms with E-state index in [2.05, 4.69) is 24.7 Å². The largest absolute Gasteiger partial charge is 0.106 e. The Labute approximate surface area is 140 Å². The first-order chi connectivity index (χ1) is 10.9. The number of rotatable bonds is 16. The molecule has 0 unspecified atom stereocenters. The second-order valence-corrected chi connectivity index (χ2v) is 6.50. The summed E-state index contributed by atoms with van der Waals surface area (Å²) < 4.78 is 0. The van der Waals surface area contributed by atoms with Gasteiger partial charge in [-0.3, -0.25) is 0 Å². The Bertz CT molecular complexity index is 296. The zero-order chi connectivity index (χ0) is 16.1. The van der Waals surface area contributed by atoms with Gasteiger partial charge in [0.05, 0.1) is 0 Å². The van der Waals surface area contributed by atoms with Gasteiger partial charge in [0.15, 0.2) is 0 Å². The molecular formula is C22H38. The molecular weight excluding hydrogens is 264 g/mol. The van der Waals surface area contributed by atoms with E-state index in [0.29, 0.717) is 0 Å². The molecule has 0 rings (SSSR count). The molecule has 0 saturated carbocycles. The van der Waals surface area contributed by atoms with Crippen LogP contribution in [0.2, 0.25) is 0 Å². The van der Waals surface area contributed by atoms with Crippen molar-refractivity contribution in [2.75, 3.05) is 0 Å². The van der Waals surface area contributed by atoms with E-state index in [0.717, 1.165) is 6.42 Å². The van der Waals surface area contributed by atoms with Crippen molar-refractivity contribution in [3.8, 4) is 24.2 Å². The van der Waals surface area contributed by atoms with Crippen molar-refractivity contribution in [1.29, 1.82) is 0 Å². The fourth-order valence-electron chi connectivity index (χ4n) is 2.88. The Morgan fingerprint density at radius 2 is 0.909 bits per heavy atom. The highest BCUT2D eigenvalue weighted by molar-refractivity contribution is 5.21. The Kier molecular flexibility index (Phi) is 19.3. The lowest BCUT2D eigenvalue weighted by Gasteiger charge is -2.03. The third kappa shape index (κ3) is 19.1. The van der Waals surface area contributed by atoms with Gasteiger partial charge >= 0.3 is 0 Å². The highest BCUT2D eigenvalue weighted by Crippen LogP contribution is 2.13. The first-order valence-corrected chi connectivity index (χ1v) is 9.85. The van der Waals surface area contributed by atoms with Gasteiger partial charge in [0.2, 0.25) is 0 Å². The predicted octanol–water partition coefficient (Wildman–Crippen LogP) is 7.27. The average molecular weight is 303 g/mol. The first-order valence-electron chi connectivity index (χ1n) is 9.85. The van der Waals surface area contributed by atoms with Gasteiger partial charge in [-0.05, 0) is 18.3 Å². The van der Waals surface area contributed by atoms with Crippen LogP contribution in [-0.2, 0) is 0 Å². The van der Waals surface area contributed by atoms with Crippen LogP contribution < -0.4 is 0 Å². The van der Waals surface area contributed by atoms with Gasteiger partial charge in [0, 0.05) is 6.42 Å². The van der Waals surface area contributed by atoms with Crippen molar-refractivity contribution in [1.82, 2.24) is 0 Å². The van der Waals surface area contributed by atoms with Crippen LogP contribution in [0, 0.1) is 24.2 Å². The molecule has 126 valence electrons. The Balaban J connectivity index is 2.98. The molecule has 0 fully saturated rings. The van der Waals surface area contributed by atoms with E-state index in [9.17, 15) is 0 Å². The summed E-state index contributed by atoms with van der Waals surface area (Å²) in [5.41, 5.74) is 0. The molecule has 0 N–H and O–H groups in total. The van der Waals surface area contributed by atoms with Gasteiger partial charge in [-0.15, -0.1) is 6.42 Å². The Hall–Kier alpha value is -0.880. The molecule has 0 amide bonds. The second kappa shape index (κ2) is 20.1. The lowest BCUT2D eigenvalue weighted by Crippen LogP contribution is -1.83. The fraction of sp³-hybridized carbons (Fsp3) is 0.818. The summed E-state index contributed by atoms with van der Waals surface area (Å²) in [5.74, 6) is 8.04. The van der Waals surface area contributed by atoms with E-state index in [1.165, 1.54) is 103 Å². The number of unbranched alkanes of at least 4 members (excludes halogenated alkanes) is 16. The van der Waals surface area contributed by atoms with Crippen molar-refractivity contribution in [2.24, 2.45) is 0 Å². The van der Waals surface area contributed by atoms with Crippen LogP contribution in [0.5, 0.6) is 0 Å². The van der Waals surface area contributed by atoms with Crippen molar-refractivity contribution >= 4 is 0 Å². The van der Waals surface area contributed by atoms with E-state index >= 15 is 0 Å². The second-order valence-electron chi connectivity index (χ2n) is 6.50. The van der Waals surface area contributed by atoms with E-state index in [1.807, 2.05) is 0 Å². The monoisotopic (exact) mass is 302 g/mol. The minimum atomic E-state index is 0.975. The minimum absolute atomic E-state index is 0.975. The number of terminal acetylenes is 1. The molecule has 0 aliphatic heterocycles. The van der Waals surface area contributed by atoms with Crippen LogP contribution in [0.3, 0.4) is 0 Å². The van der Waals surface area contributed by atoms with Crippen molar-refractivity contribution in [3.05, 3.63) is 0 Å². The highest BCUT2D eigenvalue weighted by atomic mass is 14.0. The Morgan fingerprint density at radius 3 is 1.27 bits per heavy atom. The van der Waals surface area contributed by atoms with Gasteiger partial charge in [-0.1, -0.05) is 109 Å². The van der Waals surface area contributed by atoms with Crippen LogP contribution >= 0.6 is 0 Å². The molecule has 0 heteroatoms. The molecule has 0 aromatic rings. The molecule has 0 saturated heterocycles. The summed E-state index contributed by atoms with van der Waals surface area (Å²) in [4.78, 5) is 0. The molecule has 0 spiro atoms. The van der Waals surface area contributed by atoms with Gasteiger partial charge in [0.1, 0.15) is 0 Å². The quantitative estimate of drug-likeness (QED) is 0.208. The predicted molar refractivity (Wildman–Crippen MR) is 101 cm³/mol. The van der Waals surface area contributed by atoms with E-state index < -0.39 is 0 Å². The van der Waals surface area contributed by atoms with Crippen molar-refractivity contribution in [3.63, 3.8) is 0 Å². The third-order valence-corrected chi connectivity index (χ3v) is 4.32. The number of hydrogen-bond acceptors (Lipinski definition) is 0. The van der Waals surface area contributed by atoms with Crippen LogP contribution in [0.1, 0.15) is 116 Å². The fourth-order valence-corrected chi connectivity index (χ4v) is 2.88. The third-order valence-electron chi connectivity index (χ3n) is 4.32. The van der Waals surface area contributed by atoms with Gasteiger partial charge in [-0.25, -0.2) is 0 Å². The lowest BCUT2D eigenvalue weighted by molar-refractivity contribution is 0.530. The first kappa shape index (κ1) is 21.1. The van der Waals surface area contributed by atoms with Crippen LogP contribution in [0.15, 0.2) is 0 Å². The van der Waals surface area contributed by atoms with E-state index in [1.54, 1.807) is 0 Å². The van der Waals surface area contributed by atoms with Crippen molar-refractivity contribution in [2.45, 2.75) is 116 Å². The summed E-state index contributed by atoms with van der Waals surface area (Å²) in [6.07, 6.45) is 28.7. The molecule has 0 nitrogen and oxygen atoms in total. The van der Waals surface area contributed by atoms with Crippen LogP contribution in [0.4, 0.5) is 0 Å². The normalized spacial score (nSPS) is 10.0. The van der Waals surface area contributed by atoms with Gasteiger partial charge in [-0.2, -0.15) is 0 Å². The van der Waals surface area contributed by atoms with Crippen LogP contribution in [0.25, 0.3) is 0 Å². The molecule has 0 heterocycles. The van der Waals surface area contributed by atoms with Gasteiger partial charge < -0.3 is 0 Å². The summed E-state index contributed by atoms with van der Waals surface area (Å²) in [6.45, 7) is 2.29. The molecule has 0 atom stereocenters. The summed E-state index contributed by atoms with van der Waals surface area (Å²) in [7, 11) is 0. The highest BCUT2D eigenvalue weighted by Gasteiger charge is 1.94. The minimum Gasteiger partial charge on any atom is -0.106 e. The molecule has 0 aromatic carbocycles. The molecule has 0 aliphatic carbocycles. The topological polar surface area (TPSA) is 0 Å². The Morgan fingerprint density at radius 1 is 0.545 bits per heavy atom. The maximum Gasteiger partial charge on any atom is 0.00989 e. The van der Waals surface area contributed by atoms with Crippen molar-refractivity contribution < 1.29 is 0 Å². The zero-order valence-corrected chi connectivity index (χ0v) is 15.1. The maximum atomic E-state index is 5.08. The standard InChI is InChI=1S/C22H38/c1-3-5-7-9-11-13-15-17-19-21-22-20-18-16-14-12-10-8-6-4-2/h1H,4,6,8-22H2,2H3. The smallest absolute Gasteiger partial charge is 0.00989 e. The lowest BCUT2D eigenvalue weighted by atomic mass is 10.0. The maximum absolute atomic E-state index is 5.08. The SMILES string of the molecule is C#CC#CCCCCCCCCCCCCCCCCCC. The summed E-state index contributed by atoms with van der Waals surface area (Å²) in [6, 6.07) is 0. The average Bonchev–Trinajstić information content (AvgIpc) is 2.54.